The minimum absolute atomic E-state index is 0.559. The summed E-state index contributed by atoms with van der Waals surface area (Å²) in [7, 11) is 1.88. The van der Waals surface area contributed by atoms with Gasteiger partial charge in [0.25, 0.3) is 0 Å². The Morgan fingerprint density at radius 2 is 1.90 bits per heavy atom. The van der Waals surface area contributed by atoms with Gasteiger partial charge in [-0.05, 0) is 17.0 Å². The summed E-state index contributed by atoms with van der Waals surface area (Å²) < 4.78 is 1.75. The fraction of sp³-hybridized carbons (Fsp3) is 0.312. The lowest BCUT2D eigenvalue weighted by molar-refractivity contribution is 0.785. The number of hydrogen-bond donors (Lipinski definition) is 1. The fourth-order valence-corrected chi connectivity index (χ4v) is 2.31. The summed E-state index contributed by atoms with van der Waals surface area (Å²) in [6.07, 6.45) is 3.35. The van der Waals surface area contributed by atoms with Crippen molar-refractivity contribution in [2.24, 2.45) is 7.05 Å². The first-order valence-electron chi connectivity index (χ1n) is 7.10. The van der Waals surface area contributed by atoms with Crippen LogP contribution in [0.2, 0.25) is 0 Å². The Balaban J connectivity index is 1.77. The van der Waals surface area contributed by atoms with Gasteiger partial charge in [0.05, 0.1) is 11.6 Å². The van der Waals surface area contributed by atoms with E-state index in [0.29, 0.717) is 5.92 Å². The van der Waals surface area contributed by atoms with Crippen LogP contribution in [-0.2, 0) is 13.6 Å². The van der Waals surface area contributed by atoms with Crippen LogP contribution in [0, 0.1) is 0 Å². The van der Waals surface area contributed by atoms with Gasteiger partial charge in [-0.1, -0.05) is 38.1 Å². The maximum absolute atomic E-state index is 4.31. The standard InChI is InChI=1S/C16H19N5/c1-11(2)13-6-4-12(5-7-13)8-17-15-14-9-20-21(3)16(14)19-10-18-15/h4-7,9-11H,8H2,1-3H3,(H,17,18,19). The topological polar surface area (TPSA) is 55.6 Å². The summed E-state index contributed by atoms with van der Waals surface area (Å²) in [4.78, 5) is 8.54. The van der Waals surface area contributed by atoms with Gasteiger partial charge in [-0.3, -0.25) is 4.68 Å². The zero-order valence-corrected chi connectivity index (χ0v) is 12.5. The molecular formula is C16H19N5. The van der Waals surface area contributed by atoms with Crippen molar-refractivity contribution in [2.45, 2.75) is 26.3 Å². The molecule has 0 atom stereocenters. The van der Waals surface area contributed by atoms with E-state index in [1.807, 2.05) is 7.05 Å². The zero-order chi connectivity index (χ0) is 14.8. The number of rotatable bonds is 4. The molecule has 0 radical (unpaired) electrons. The van der Waals surface area contributed by atoms with Crippen LogP contribution in [0.3, 0.4) is 0 Å². The zero-order valence-electron chi connectivity index (χ0n) is 12.5. The minimum atomic E-state index is 0.559. The van der Waals surface area contributed by atoms with Gasteiger partial charge in [-0.25, -0.2) is 9.97 Å². The molecule has 1 aromatic carbocycles. The molecule has 3 aromatic rings. The third-order valence-electron chi connectivity index (χ3n) is 3.64. The number of aryl methyl sites for hydroxylation is 1. The largest absolute Gasteiger partial charge is 0.365 e. The van der Waals surface area contributed by atoms with E-state index >= 15 is 0 Å². The molecule has 0 aliphatic heterocycles. The van der Waals surface area contributed by atoms with E-state index in [1.54, 1.807) is 17.2 Å². The first-order valence-corrected chi connectivity index (χ1v) is 7.10. The second-order valence-electron chi connectivity index (χ2n) is 5.48. The molecule has 3 rings (SSSR count). The highest BCUT2D eigenvalue weighted by Crippen LogP contribution is 2.19. The van der Waals surface area contributed by atoms with Crippen LogP contribution in [0.25, 0.3) is 11.0 Å². The second-order valence-corrected chi connectivity index (χ2v) is 5.48. The van der Waals surface area contributed by atoms with Gasteiger partial charge in [0.15, 0.2) is 5.65 Å². The highest BCUT2D eigenvalue weighted by Gasteiger charge is 2.07. The SMILES string of the molecule is CC(C)c1ccc(CNc2ncnc3c2cnn3C)cc1. The van der Waals surface area contributed by atoms with E-state index in [4.69, 9.17) is 0 Å². The predicted octanol–water partition coefficient (Wildman–Crippen LogP) is 3.10. The first-order chi connectivity index (χ1) is 10.1. The van der Waals surface area contributed by atoms with Gasteiger partial charge in [0.1, 0.15) is 12.1 Å². The Morgan fingerprint density at radius 3 is 2.62 bits per heavy atom. The van der Waals surface area contributed by atoms with Crippen LogP contribution in [0.4, 0.5) is 5.82 Å². The van der Waals surface area contributed by atoms with E-state index in [0.717, 1.165) is 23.4 Å². The van der Waals surface area contributed by atoms with Gasteiger partial charge in [-0.2, -0.15) is 5.10 Å². The summed E-state index contributed by atoms with van der Waals surface area (Å²) in [6.45, 7) is 5.14. The second kappa shape index (κ2) is 5.52. The van der Waals surface area contributed by atoms with E-state index in [9.17, 15) is 0 Å². The molecule has 0 fully saturated rings. The molecule has 0 amide bonds. The molecule has 5 heteroatoms. The Kier molecular flexibility index (Phi) is 3.56. The lowest BCUT2D eigenvalue weighted by atomic mass is 10.0. The normalized spacial score (nSPS) is 11.2. The van der Waals surface area contributed by atoms with Crippen LogP contribution >= 0.6 is 0 Å². The Labute approximate surface area is 124 Å². The molecule has 1 N–H and O–H groups in total. The predicted molar refractivity (Wildman–Crippen MR) is 84.2 cm³/mol. The van der Waals surface area contributed by atoms with Crippen molar-refractivity contribution in [3.05, 3.63) is 47.9 Å². The van der Waals surface area contributed by atoms with E-state index in [-0.39, 0.29) is 0 Å². The Morgan fingerprint density at radius 1 is 1.14 bits per heavy atom. The molecule has 21 heavy (non-hydrogen) atoms. The number of nitrogens with zero attached hydrogens (tertiary/aromatic N) is 4. The van der Waals surface area contributed by atoms with Crippen molar-refractivity contribution in [3.8, 4) is 0 Å². The van der Waals surface area contributed by atoms with Crippen molar-refractivity contribution in [1.29, 1.82) is 0 Å². The average Bonchev–Trinajstić information content (AvgIpc) is 2.88. The summed E-state index contributed by atoms with van der Waals surface area (Å²) in [5, 5.41) is 8.52. The van der Waals surface area contributed by atoms with Crippen LogP contribution < -0.4 is 5.32 Å². The maximum atomic E-state index is 4.31. The summed E-state index contributed by atoms with van der Waals surface area (Å²) in [5.41, 5.74) is 3.42. The van der Waals surface area contributed by atoms with Crippen LogP contribution in [-0.4, -0.2) is 19.7 Å². The monoisotopic (exact) mass is 281 g/mol. The van der Waals surface area contributed by atoms with E-state index < -0.39 is 0 Å². The van der Waals surface area contributed by atoms with Crippen molar-refractivity contribution < 1.29 is 0 Å². The van der Waals surface area contributed by atoms with Crippen LogP contribution in [0.5, 0.6) is 0 Å². The molecule has 0 spiro atoms. The third-order valence-corrected chi connectivity index (χ3v) is 3.64. The van der Waals surface area contributed by atoms with Gasteiger partial charge >= 0.3 is 0 Å². The highest BCUT2D eigenvalue weighted by molar-refractivity contribution is 5.85. The molecule has 0 saturated carbocycles. The summed E-state index contributed by atoms with van der Waals surface area (Å²) >= 11 is 0. The van der Waals surface area contributed by atoms with Crippen LogP contribution in [0.1, 0.15) is 30.9 Å². The summed E-state index contributed by atoms with van der Waals surface area (Å²) in [5.74, 6) is 1.38. The smallest absolute Gasteiger partial charge is 0.163 e. The van der Waals surface area contributed by atoms with Crippen molar-refractivity contribution in [3.63, 3.8) is 0 Å². The van der Waals surface area contributed by atoms with E-state index in [2.05, 4.69) is 58.5 Å². The Hall–Kier alpha value is -2.43. The minimum Gasteiger partial charge on any atom is -0.365 e. The molecule has 0 unspecified atom stereocenters. The van der Waals surface area contributed by atoms with Crippen molar-refractivity contribution in [2.75, 3.05) is 5.32 Å². The number of benzene rings is 1. The maximum Gasteiger partial charge on any atom is 0.163 e. The molecule has 5 nitrogen and oxygen atoms in total. The molecule has 0 aliphatic rings. The van der Waals surface area contributed by atoms with Gasteiger partial charge in [0.2, 0.25) is 0 Å². The lowest BCUT2D eigenvalue weighted by Crippen LogP contribution is -2.03. The lowest BCUT2D eigenvalue weighted by Gasteiger charge is -2.09. The molecular weight excluding hydrogens is 262 g/mol. The molecule has 0 aliphatic carbocycles. The number of fused-ring (bicyclic) bond motifs is 1. The van der Waals surface area contributed by atoms with Gasteiger partial charge in [-0.15, -0.1) is 0 Å². The molecule has 2 aromatic heterocycles. The summed E-state index contributed by atoms with van der Waals surface area (Å²) in [6, 6.07) is 8.68. The van der Waals surface area contributed by atoms with Crippen molar-refractivity contribution in [1.82, 2.24) is 19.7 Å². The molecule has 0 bridgehead atoms. The molecule has 0 saturated heterocycles. The van der Waals surface area contributed by atoms with Crippen molar-refractivity contribution >= 4 is 16.9 Å². The van der Waals surface area contributed by atoms with Crippen LogP contribution in [0.15, 0.2) is 36.8 Å². The third kappa shape index (κ3) is 2.72. The Bertz CT molecular complexity index is 743. The average molecular weight is 281 g/mol. The number of anilines is 1. The molecule has 108 valence electrons. The van der Waals surface area contributed by atoms with Gasteiger partial charge < -0.3 is 5.32 Å². The fourth-order valence-electron chi connectivity index (χ4n) is 2.31. The number of aromatic nitrogens is 4. The van der Waals surface area contributed by atoms with E-state index in [1.165, 1.54) is 11.1 Å². The highest BCUT2D eigenvalue weighted by atomic mass is 15.3. The van der Waals surface area contributed by atoms with Gasteiger partial charge in [0, 0.05) is 13.6 Å². The number of hydrogen-bond acceptors (Lipinski definition) is 4. The number of nitrogens with one attached hydrogen (secondary N) is 1. The first kappa shape index (κ1) is 13.5. The molecule has 2 heterocycles. The quantitative estimate of drug-likeness (QED) is 0.798.